The van der Waals surface area contributed by atoms with Crippen LogP contribution in [-0.4, -0.2) is 18.1 Å². The van der Waals surface area contributed by atoms with Crippen LogP contribution in [0.2, 0.25) is 0 Å². The first-order chi connectivity index (χ1) is 7.19. The molecule has 0 spiro atoms. The van der Waals surface area contributed by atoms with Crippen molar-refractivity contribution >= 4 is 21.5 Å². The van der Waals surface area contributed by atoms with Gasteiger partial charge in [-0.05, 0) is 24.7 Å². The Labute approximate surface area is 95.3 Å². The molecule has 0 amide bonds. The van der Waals surface area contributed by atoms with E-state index in [0.717, 1.165) is 23.2 Å². The summed E-state index contributed by atoms with van der Waals surface area (Å²) in [5.41, 5.74) is 6.22. The van der Waals surface area contributed by atoms with Gasteiger partial charge in [0.15, 0.2) is 5.13 Å². The van der Waals surface area contributed by atoms with Crippen molar-refractivity contribution in [3.8, 4) is 0 Å². The molecule has 1 aliphatic heterocycles. The summed E-state index contributed by atoms with van der Waals surface area (Å²) in [5, 5.41) is 1.91. The number of hydrogen-bond donors (Lipinski definition) is 1. The molecule has 3 nitrogen and oxygen atoms in total. The minimum absolute atomic E-state index is 0.514. The SMILES string of the molecule is CCC1(CC)CCN(c2ncc(N)s2)C1. The van der Waals surface area contributed by atoms with Gasteiger partial charge in [0.05, 0.1) is 6.20 Å². The van der Waals surface area contributed by atoms with Gasteiger partial charge in [-0.3, -0.25) is 0 Å². The second-order valence-electron chi connectivity index (χ2n) is 4.42. The molecule has 0 unspecified atom stereocenters. The molecule has 0 aliphatic carbocycles. The Morgan fingerprint density at radius 1 is 1.53 bits per heavy atom. The Morgan fingerprint density at radius 3 is 2.73 bits per heavy atom. The van der Waals surface area contributed by atoms with Crippen molar-refractivity contribution in [2.24, 2.45) is 5.41 Å². The molecule has 15 heavy (non-hydrogen) atoms. The Morgan fingerprint density at radius 2 is 2.27 bits per heavy atom. The molecule has 1 aromatic rings. The second-order valence-corrected chi connectivity index (χ2v) is 5.46. The van der Waals surface area contributed by atoms with Crippen LogP contribution >= 0.6 is 11.3 Å². The van der Waals surface area contributed by atoms with Crippen molar-refractivity contribution in [2.75, 3.05) is 23.7 Å². The van der Waals surface area contributed by atoms with E-state index < -0.39 is 0 Å². The number of nitrogens with two attached hydrogens (primary N) is 1. The number of aromatic nitrogens is 1. The maximum Gasteiger partial charge on any atom is 0.187 e. The lowest BCUT2D eigenvalue weighted by Crippen LogP contribution is -2.25. The van der Waals surface area contributed by atoms with E-state index in [-0.39, 0.29) is 0 Å². The van der Waals surface area contributed by atoms with Crippen LogP contribution in [0, 0.1) is 5.41 Å². The van der Waals surface area contributed by atoms with Gasteiger partial charge >= 0.3 is 0 Å². The molecular weight excluding hydrogens is 206 g/mol. The lowest BCUT2D eigenvalue weighted by Gasteiger charge is -2.26. The fourth-order valence-electron chi connectivity index (χ4n) is 2.35. The van der Waals surface area contributed by atoms with Gasteiger partial charge in [-0.25, -0.2) is 4.98 Å². The maximum absolute atomic E-state index is 5.71. The van der Waals surface area contributed by atoms with E-state index in [1.165, 1.54) is 19.3 Å². The molecule has 0 saturated carbocycles. The lowest BCUT2D eigenvalue weighted by atomic mass is 9.82. The Bertz CT molecular complexity index is 330. The van der Waals surface area contributed by atoms with E-state index >= 15 is 0 Å². The highest BCUT2D eigenvalue weighted by atomic mass is 32.1. The van der Waals surface area contributed by atoms with Crippen molar-refractivity contribution in [1.82, 2.24) is 4.98 Å². The first kappa shape index (κ1) is 10.7. The summed E-state index contributed by atoms with van der Waals surface area (Å²) in [4.78, 5) is 6.73. The van der Waals surface area contributed by atoms with Gasteiger partial charge in [-0.15, -0.1) is 0 Å². The summed E-state index contributed by atoms with van der Waals surface area (Å²) in [5.74, 6) is 0. The van der Waals surface area contributed by atoms with Gasteiger partial charge in [0.2, 0.25) is 0 Å². The van der Waals surface area contributed by atoms with E-state index in [1.807, 2.05) is 0 Å². The van der Waals surface area contributed by atoms with Crippen molar-refractivity contribution in [1.29, 1.82) is 0 Å². The molecule has 2 N–H and O–H groups in total. The maximum atomic E-state index is 5.71. The quantitative estimate of drug-likeness (QED) is 0.860. The molecule has 4 heteroatoms. The standard InChI is InChI=1S/C11H19N3S/c1-3-11(4-2)5-6-14(8-11)10-13-7-9(12)15-10/h7H,3-6,8,12H2,1-2H3. The summed E-state index contributed by atoms with van der Waals surface area (Å²) >= 11 is 1.60. The average molecular weight is 225 g/mol. The summed E-state index contributed by atoms with van der Waals surface area (Å²) in [6, 6.07) is 0. The fourth-order valence-corrected chi connectivity index (χ4v) is 3.06. The minimum Gasteiger partial charge on any atom is -0.389 e. The van der Waals surface area contributed by atoms with Crippen LogP contribution in [0.5, 0.6) is 0 Å². The predicted octanol–water partition coefficient (Wildman–Crippen LogP) is 2.74. The smallest absolute Gasteiger partial charge is 0.187 e. The van der Waals surface area contributed by atoms with Crippen LogP contribution in [0.15, 0.2) is 6.20 Å². The van der Waals surface area contributed by atoms with Crippen molar-refractivity contribution < 1.29 is 0 Å². The number of hydrogen-bond acceptors (Lipinski definition) is 4. The van der Waals surface area contributed by atoms with E-state index in [2.05, 4.69) is 23.7 Å². The summed E-state index contributed by atoms with van der Waals surface area (Å²) < 4.78 is 0. The molecule has 1 aromatic heterocycles. The molecule has 0 atom stereocenters. The number of thiazole rings is 1. The van der Waals surface area contributed by atoms with Gasteiger partial charge in [-0.2, -0.15) is 0 Å². The summed E-state index contributed by atoms with van der Waals surface area (Å²) in [6.45, 7) is 6.87. The molecule has 1 aliphatic rings. The lowest BCUT2D eigenvalue weighted by molar-refractivity contribution is 0.301. The van der Waals surface area contributed by atoms with Gasteiger partial charge in [0.25, 0.3) is 0 Å². The van der Waals surface area contributed by atoms with Crippen LogP contribution in [-0.2, 0) is 0 Å². The molecule has 1 saturated heterocycles. The van der Waals surface area contributed by atoms with E-state index in [0.29, 0.717) is 5.41 Å². The Kier molecular flexibility index (Phi) is 2.87. The second kappa shape index (κ2) is 4.00. The van der Waals surface area contributed by atoms with Gasteiger partial charge in [-0.1, -0.05) is 25.2 Å². The third kappa shape index (κ3) is 1.95. The Hall–Kier alpha value is -0.770. The molecular formula is C11H19N3S. The topological polar surface area (TPSA) is 42.2 Å². The fraction of sp³-hybridized carbons (Fsp3) is 0.727. The largest absolute Gasteiger partial charge is 0.389 e. The number of anilines is 2. The van der Waals surface area contributed by atoms with E-state index in [1.54, 1.807) is 17.5 Å². The first-order valence-corrected chi connectivity index (χ1v) is 6.47. The van der Waals surface area contributed by atoms with E-state index in [9.17, 15) is 0 Å². The minimum atomic E-state index is 0.514. The molecule has 0 aromatic carbocycles. The third-order valence-electron chi connectivity index (χ3n) is 3.72. The van der Waals surface area contributed by atoms with Gasteiger partial charge in [0.1, 0.15) is 5.00 Å². The van der Waals surface area contributed by atoms with Crippen molar-refractivity contribution in [2.45, 2.75) is 33.1 Å². The van der Waals surface area contributed by atoms with Crippen molar-refractivity contribution in [3.05, 3.63) is 6.20 Å². The zero-order valence-electron chi connectivity index (χ0n) is 9.49. The monoisotopic (exact) mass is 225 g/mol. The zero-order valence-corrected chi connectivity index (χ0v) is 10.3. The Balaban J connectivity index is 2.09. The van der Waals surface area contributed by atoms with Gasteiger partial charge < -0.3 is 10.6 Å². The zero-order chi connectivity index (χ0) is 10.9. The summed E-state index contributed by atoms with van der Waals surface area (Å²) in [6.07, 6.45) is 5.58. The normalized spacial score (nSPS) is 19.7. The van der Waals surface area contributed by atoms with Crippen LogP contribution in [0.3, 0.4) is 0 Å². The average Bonchev–Trinajstić information content (AvgIpc) is 2.84. The third-order valence-corrected chi connectivity index (χ3v) is 4.61. The molecule has 0 bridgehead atoms. The highest BCUT2D eigenvalue weighted by Gasteiger charge is 2.35. The van der Waals surface area contributed by atoms with Crippen LogP contribution < -0.4 is 10.6 Å². The molecule has 1 fully saturated rings. The molecule has 2 heterocycles. The van der Waals surface area contributed by atoms with E-state index in [4.69, 9.17) is 5.73 Å². The van der Waals surface area contributed by atoms with Gasteiger partial charge in [0, 0.05) is 13.1 Å². The molecule has 2 rings (SSSR count). The predicted molar refractivity (Wildman–Crippen MR) is 66.4 cm³/mol. The number of nitrogen functional groups attached to an aromatic ring is 1. The number of rotatable bonds is 3. The van der Waals surface area contributed by atoms with Crippen LogP contribution in [0.25, 0.3) is 0 Å². The van der Waals surface area contributed by atoms with Crippen molar-refractivity contribution in [3.63, 3.8) is 0 Å². The first-order valence-electron chi connectivity index (χ1n) is 5.65. The highest BCUT2D eigenvalue weighted by molar-refractivity contribution is 7.19. The highest BCUT2D eigenvalue weighted by Crippen LogP contribution is 2.40. The summed E-state index contributed by atoms with van der Waals surface area (Å²) in [7, 11) is 0. The van der Waals surface area contributed by atoms with Crippen LogP contribution in [0.4, 0.5) is 10.1 Å². The van der Waals surface area contributed by atoms with Crippen LogP contribution in [0.1, 0.15) is 33.1 Å². The number of nitrogens with zero attached hydrogens (tertiary/aromatic N) is 2. The molecule has 84 valence electrons. The molecule has 0 radical (unpaired) electrons.